The maximum absolute atomic E-state index is 9.52. The molecule has 0 aliphatic heterocycles. The van der Waals surface area contributed by atoms with Gasteiger partial charge >= 0.3 is 0 Å². The van der Waals surface area contributed by atoms with Gasteiger partial charge in [0.25, 0.3) is 0 Å². The van der Waals surface area contributed by atoms with Crippen molar-refractivity contribution in [2.45, 2.75) is 45.4 Å². The SMILES string of the molecule is CCCCCCC/C=C/Nc1ccc(-c2cccc(O)c2)cn1. The Labute approximate surface area is 139 Å². The lowest BCUT2D eigenvalue weighted by Crippen LogP contribution is -1.91. The van der Waals surface area contributed by atoms with E-state index in [1.165, 1.54) is 32.1 Å². The third-order valence-corrected chi connectivity index (χ3v) is 3.77. The van der Waals surface area contributed by atoms with Gasteiger partial charge in [-0.3, -0.25) is 0 Å². The van der Waals surface area contributed by atoms with Crippen molar-refractivity contribution in [1.82, 2.24) is 4.98 Å². The minimum atomic E-state index is 0.270. The number of benzene rings is 1. The maximum Gasteiger partial charge on any atom is 0.129 e. The average Bonchev–Trinajstić information content (AvgIpc) is 2.58. The molecule has 0 spiro atoms. The molecule has 0 atom stereocenters. The number of hydrogen-bond acceptors (Lipinski definition) is 3. The van der Waals surface area contributed by atoms with E-state index in [4.69, 9.17) is 0 Å². The number of allylic oxidation sites excluding steroid dienone is 1. The topological polar surface area (TPSA) is 45.1 Å². The molecule has 0 amide bonds. The van der Waals surface area contributed by atoms with Crippen LogP contribution >= 0.6 is 0 Å². The van der Waals surface area contributed by atoms with E-state index in [2.05, 4.69) is 23.3 Å². The van der Waals surface area contributed by atoms with E-state index in [-0.39, 0.29) is 5.75 Å². The predicted molar refractivity (Wildman–Crippen MR) is 97.5 cm³/mol. The zero-order chi connectivity index (χ0) is 16.3. The lowest BCUT2D eigenvalue weighted by molar-refractivity contribution is 0.475. The Morgan fingerprint density at radius 1 is 1.04 bits per heavy atom. The van der Waals surface area contributed by atoms with E-state index in [1.54, 1.807) is 12.1 Å². The first kappa shape index (κ1) is 17.1. The Bertz CT molecular complexity index is 605. The Hall–Kier alpha value is -2.29. The van der Waals surface area contributed by atoms with E-state index in [9.17, 15) is 5.11 Å². The van der Waals surface area contributed by atoms with E-state index in [1.807, 2.05) is 36.7 Å². The lowest BCUT2D eigenvalue weighted by Gasteiger charge is -2.04. The van der Waals surface area contributed by atoms with Crippen molar-refractivity contribution < 1.29 is 5.11 Å². The number of aromatic hydroxyl groups is 1. The molecule has 1 aromatic heterocycles. The van der Waals surface area contributed by atoms with E-state index >= 15 is 0 Å². The summed E-state index contributed by atoms with van der Waals surface area (Å²) >= 11 is 0. The second-order valence-corrected chi connectivity index (χ2v) is 5.73. The molecule has 2 N–H and O–H groups in total. The van der Waals surface area contributed by atoms with Gasteiger partial charge in [-0.1, -0.05) is 50.8 Å². The van der Waals surface area contributed by atoms with Crippen molar-refractivity contribution in [3.05, 3.63) is 54.9 Å². The summed E-state index contributed by atoms with van der Waals surface area (Å²) in [7, 11) is 0. The monoisotopic (exact) mass is 310 g/mol. The number of nitrogens with one attached hydrogen (secondary N) is 1. The van der Waals surface area contributed by atoms with Crippen LogP contribution in [0.1, 0.15) is 45.4 Å². The highest BCUT2D eigenvalue weighted by atomic mass is 16.3. The van der Waals surface area contributed by atoms with Crippen LogP contribution < -0.4 is 5.32 Å². The van der Waals surface area contributed by atoms with Gasteiger partial charge in [-0.05, 0) is 48.9 Å². The molecule has 122 valence electrons. The number of unbranched alkanes of at least 4 members (excludes halogenated alkanes) is 5. The third kappa shape index (κ3) is 6.15. The van der Waals surface area contributed by atoms with Gasteiger partial charge in [0.2, 0.25) is 0 Å². The first-order valence-corrected chi connectivity index (χ1v) is 8.46. The number of hydrogen-bond donors (Lipinski definition) is 2. The fourth-order valence-electron chi connectivity index (χ4n) is 2.43. The highest BCUT2D eigenvalue weighted by Crippen LogP contribution is 2.23. The maximum atomic E-state index is 9.52. The molecule has 0 bridgehead atoms. The third-order valence-electron chi connectivity index (χ3n) is 3.77. The van der Waals surface area contributed by atoms with Gasteiger partial charge in [-0.25, -0.2) is 4.98 Å². The van der Waals surface area contributed by atoms with Gasteiger partial charge in [-0.15, -0.1) is 0 Å². The number of anilines is 1. The summed E-state index contributed by atoms with van der Waals surface area (Å²) in [6.07, 6.45) is 13.6. The first-order valence-electron chi connectivity index (χ1n) is 8.46. The second-order valence-electron chi connectivity index (χ2n) is 5.73. The molecule has 0 unspecified atom stereocenters. The molecule has 2 rings (SSSR count). The first-order chi connectivity index (χ1) is 11.3. The van der Waals surface area contributed by atoms with Crippen LogP contribution in [0.4, 0.5) is 5.82 Å². The predicted octanol–water partition coefficient (Wildman–Crippen LogP) is 5.74. The summed E-state index contributed by atoms with van der Waals surface area (Å²) in [5, 5.41) is 12.7. The molecule has 3 nitrogen and oxygen atoms in total. The minimum absolute atomic E-state index is 0.270. The molecule has 3 heteroatoms. The summed E-state index contributed by atoms with van der Waals surface area (Å²) < 4.78 is 0. The molecule has 23 heavy (non-hydrogen) atoms. The highest BCUT2D eigenvalue weighted by molar-refractivity contribution is 5.65. The number of pyridine rings is 1. The van der Waals surface area contributed by atoms with E-state index in [0.29, 0.717) is 0 Å². The number of aromatic nitrogens is 1. The van der Waals surface area contributed by atoms with E-state index < -0.39 is 0 Å². The summed E-state index contributed by atoms with van der Waals surface area (Å²) in [4.78, 5) is 4.40. The van der Waals surface area contributed by atoms with Gasteiger partial charge in [0, 0.05) is 11.8 Å². The Kier molecular flexibility index (Phi) is 7.18. The Morgan fingerprint density at radius 2 is 1.91 bits per heavy atom. The van der Waals surface area contributed by atoms with Crippen LogP contribution in [0, 0.1) is 0 Å². The number of rotatable bonds is 9. The van der Waals surface area contributed by atoms with Crippen molar-refractivity contribution in [2.75, 3.05) is 5.32 Å². The van der Waals surface area contributed by atoms with Crippen molar-refractivity contribution in [3.8, 4) is 16.9 Å². The van der Waals surface area contributed by atoms with Crippen molar-refractivity contribution >= 4 is 5.82 Å². The zero-order valence-electron chi connectivity index (χ0n) is 13.8. The summed E-state index contributed by atoms with van der Waals surface area (Å²) in [5.74, 6) is 1.10. The summed E-state index contributed by atoms with van der Waals surface area (Å²) in [6.45, 7) is 2.24. The molecule has 2 aromatic rings. The Balaban J connectivity index is 1.77. The van der Waals surface area contributed by atoms with E-state index in [0.717, 1.165) is 23.4 Å². The van der Waals surface area contributed by atoms with Crippen molar-refractivity contribution in [3.63, 3.8) is 0 Å². The van der Waals surface area contributed by atoms with Crippen LogP contribution in [0.25, 0.3) is 11.1 Å². The van der Waals surface area contributed by atoms with Gasteiger partial charge in [-0.2, -0.15) is 0 Å². The minimum Gasteiger partial charge on any atom is -0.508 e. The van der Waals surface area contributed by atoms with Crippen molar-refractivity contribution in [2.24, 2.45) is 0 Å². The van der Waals surface area contributed by atoms with Gasteiger partial charge in [0.1, 0.15) is 11.6 Å². The largest absolute Gasteiger partial charge is 0.508 e. The molecule has 1 heterocycles. The van der Waals surface area contributed by atoms with Crippen molar-refractivity contribution in [1.29, 1.82) is 0 Å². The number of nitrogens with zero attached hydrogens (tertiary/aromatic N) is 1. The molecule has 0 fully saturated rings. The fraction of sp³-hybridized carbons (Fsp3) is 0.350. The van der Waals surface area contributed by atoms with Crippen LogP contribution in [0.5, 0.6) is 5.75 Å². The molecule has 0 radical (unpaired) electrons. The molecular formula is C20H26N2O. The van der Waals surface area contributed by atoms with Gasteiger partial charge in [0.05, 0.1) is 0 Å². The highest BCUT2D eigenvalue weighted by Gasteiger charge is 1.99. The number of phenolic OH excluding ortho intramolecular Hbond substituents is 1. The van der Waals surface area contributed by atoms with Crippen LogP contribution in [-0.2, 0) is 0 Å². The lowest BCUT2D eigenvalue weighted by atomic mass is 10.1. The molecule has 1 aromatic carbocycles. The van der Waals surface area contributed by atoms with Crippen LogP contribution in [0.2, 0.25) is 0 Å². The molecule has 0 aliphatic rings. The van der Waals surface area contributed by atoms with Gasteiger partial charge in [0.15, 0.2) is 0 Å². The molecule has 0 saturated heterocycles. The Morgan fingerprint density at radius 3 is 2.65 bits per heavy atom. The van der Waals surface area contributed by atoms with Gasteiger partial charge < -0.3 is 10.4 Å². The molecule has 0 aliphatic carbocycles. The average molecular weight is 310 g/mol. The molecule has 0 saturated carbocycles. The van der Waals surface area contributed by atoms with Crippen LogP contribution in [0.3, 0.4) is 0 Å². The summed E-state index contributed by atoms with van der Waals surface area (Å²) in [6, 6.07) is 11.2. The quantitative estimate of drug-likeness (QED) is 0.580. The normalized spacial score (nSPS) is 11.0. The second kappa shape index (κ2) is 9.67. The number of phenols is 1. The smallest absolute Gasteiger partial charge is 0.129 e. The van der Waals surface area contributed by atoms with Crippen LogP contribution in [0.15, 0.2) is 54.9 Å². The fourth-order valence-corrected chi connectivity index (χ4v) is 2.43. The van der Waals surface area contributed by atoms with Crippen LogP contribution in [-0.4, -0.2) is 10.1 Å². The standard InChI is InChI=1S/C20H26N2O/c1-2-3-4-5-6-7-8-14-21-20-13-12-18(16-22-20)17-10-9-11-19(23)15-17/h8-16,23H,2-7H2,1H3,(H,21,22)/b14-8+. The zero-order valence-corrected chi connectivity index (χ0v) is 13.8. The summed E-state index contributed by atoms with van der Waals surface area (Å²) in [5.41, 5.74) is 1.96. The molecular weight excluding hydrogens is 284 g/mol.